The Morgan fingerprint density at radius 3 is 2.00 bits per heavy atom. The summed E-state index contributed by atoms with van der Waals surface area (Å²) in [6, 6.07) is 12.8. The van der Waals surface area contributed by atoms with E-state index in [1.165, 1.54) is 0 Å². The fourth-order valence-electron chi connectivity index (χ4n) is 2.43. The van der Waals surface area contributed by atoms with Crippen LogP contribution in [0, 0.1) is 19.3 Å². The molecule has 2 aromatic rings. The Bertz CT molecular complexity index is 777. The summed E-state index contributed by atoms with van der Waals surface area (Å²) in [5.41, 5.74) is 2.13. The number of rotatable bonds is 5. The van der Waals surface area contributed by atoms with E-state index in [1.54, 1.807) is 45.2 Å². The van der Waals surface area contributed by atoms with Gasteiger partial charge in [-0.05, 0) is 63.1 Å². The number of hydrogen-bond donors (Lipinski definition) is 2. The van der Waals surface area contributed by atoms with Crippen LogP contribution in [0.5, 0.6) is 5.75 Å². The van der Waals surface area contributed by atoms with Crippen LogP contribution in [0.3, 0.4) is 0 Å². The summed E-state index contributed by atoms with van der Waals surface area (Å²) >= 11 is 0. The van der Waals surface area contributed by atoms with Crippen LogP contribution in [0.4, 0.5) is 11.4 Å². The van der Waals surface area contributed by atoms with Crippen molar-refractivity contribution in [3.63, 3.8) is 0 Å². The molecule has 0 unspecified atom stereocenters. The summed E-state index contributed by atoms with van der Waals surface area (Å²) < 4.78 is 5.14. The topological polar surface area (TPSA) is 67.4 Å². The number of nitrogens with one attached hydrogen (secondary N) is 2. The van der Waals surface area contributed by atoms with Crippen molar-refractivity contribution in [3.8, 4) is 5.75 Å². The zero-order chi connectivity index (χ0) is 18.6. The second-order valence-electron chi connectivity index (χ2n) is 6.64. The van der Waals surface area contributed by atoms with Gasteiger partial charge in [-0.1, -0.05) is 12.1 Å². The maximum Gasteiger partial charge on any atom is 0.239 e. The molecule has 0 spiro atoms. The number of benzene rings is 2. The van der Waals surface area contributed by atoms with Gasteiger partial charge in [0.05, 0.1) is 7.11 Å². The Hall–Kier alpha value is -2.82. The summed E-state index contributed by atoms with van der Waals surface area (Å²) in [6.45, 7) is 7.12. The zero-order valence-corrected chi connectivity index (χ0v) is 15.3. The molecule has 0 saturated heterocycles. The fraction of sp³-hybridized carbons (Fsp3) is 0.300. The summed E-state index contributed by atoms with van der Waals surface area (Å²) in [5, 5.41) is 5.60. The smallest absolute Gasteiger partial charge is 0.239 e. The number of amides is 2. The van der Waals surface area contributed by atoms with Crippen LogP contribution in [0.2, 0.25) is 0 Å². The molecule has 2 rings (SSSR count). The van der Waals surface area contributed by atoms with Gasteiger partial charge >= 0.3 is 0 Å². The SMILES string of the molecule is COc1cccc(NC(=O)C(C)(C)C(=O)Nc2cc(C)cc(C)c2)c1. The lowest BCUT2D eigenvalue weighted by Gasteiger charge is -2.23. The lowest BCUT2D eigenvalue weighted by atomic mass is 9.90. The van der Waals surface area contributed by atoms with E-state index in [0.29, 0.717) is 17.1 Å². The molecule has 132 valence electrons. The molecule has 0 aromatic heterocycles. The van der Waals surface area contributed by atoms with E-state index in [2.05, 4.69) is 10.6 Å². The second kappa shape index (κ2) is 7.38. The lowest BCUT2D eigenvalue weighted by molar-refractivity contribution is -0.135. The van der Waals surface area contributed by atoms with Crippen LogP contribution in [0.15, 0.2) is 42.5 Å². The first-order chi connectivity index (χ1) is 11.7. The normalized spacial score (nSPS) is 10.9. The Labute approximate surface area is 148 Å². The molecule has 0 radical (unpaired) electrons. The van der Waals surface area contributed by atoms with E-state index in [4.69, 9.17) is 4.74 Å². The number of anilines is 2. The van der Waals surface area contributed by atoms with E-state index in [9.17, 15) is 9.59 Å². The van der Waals surface area contributed by atoms with Gasteiger partial charge in [0.25, 0.3) is 0 Å². The molecule has 0 aliphatic heterocycles. The van der Waals surface area contributed by atoms with Gasteiger partial charge in [-0.25, -0.2) is 0 Å². The molecular formula is C20H24N2O3. The van der Waals surface area contributed by atoms with Crippen molar-refractivity contribution < 1.29 is 14.3 Å². The van der Waals surface area contributed by atoms with Crippen LogP contribution in [0.1, 0.15) is 25.0 Å². The highest BCUT2D eigenvalue weighted by molar-refractivity contribution is 6.14. The van der Waals surface area contributed by atoms with Crippen LogP contribution < -0.4 is 15.4 Å². The summed E-state index contributed by atoms with van der Waals surface area (Å²) in [4.78, 5) is 25.2. The summed E-state index contributed by atoms with van der Waals surface area (Å²) in [7, 11) is 1.56. The number of carbonyl (C=O) groups is 2. The monoisotopic (exact) mass is 340 g/mol. The minimum atomic E-state index is -1.24. The van der Waals surface area contributed by atoms with Gasteiger partial charge in [0.15, 0.2) is 0 Å². The number of hydrogen-bond acceptors (Lipinski definition) is 3. The van der Waals surface area contributed by atoms with Gasteiger partial charge < -0.3 is 15.4 Å². The standard InChI is InChI=1S/C20H24N2O3/c1-13-9-14(2)11-16(10-13)22-19(24)20(3,4)18(23)21-15-7-6-8-17(12-15)25-5/h6-12H,1-5H3,(H,21,23)(H,22,24). The van der Waals surface area contributed by atoms with Gasteiger partial charge in [0.2, 0.25) is 11.8 Å². The zero-order valence-electron chi connectivity index (χ0n) is 15.3. The maximum atomic E-state index is 12.6. The van der Waals surface area contributed by atoms with Crippen molar-refractivity contribution in [1.82, 2.24) is 0 Å². The third-order valence-corrected chi connectivity index (χ3v) is 3.94. The average molecular weight is 340 g/mol. The predicted octanol–water partition coefficient (Wildman–Crippen LogP) is 3.92. The molecule has 0 fully saturated rings. The highest BCUT2D eigenvalue weighted by atomic mass is 16.5. The summed E-state index contributed by atoms with van der Waals surface area (Å²) in [5.74, 6) is -0.115. The Kier molecular flexibility index (Phi) is 5.47. The first kappa shape index (κ1) is 18.5. The second-order valence-corrected chi connectivity index (χ2v) is 6.64. The molecule has 25 heavy (non-hydrogen) atoms. The van der Waals surface area contributed by atoms with E-state index < -0.39 is 5.41 Å². The van der Waals surface area contributed by atoms with Crippen LogP contribution in [0.25, 0.3) is 0 Å². The fourth-order valence-corrected chi connectivity index (χ4v) is 2.43. The molecular weight excluding hydrogens is 316 g/mol. The molecule has 2 amide bonds. The van der Waals surface area contributed by atoms with Crippen molar-refractivity contribution in [2.24, 2.45) is 5.41 Å². The van der Waals surface area contributed by atoms with Crippen LogP contribution in [-0.2, 0) is 9.59 Å². The van der Waals surface area contributed by atoms with Crippen molar-refractivity contribution in [2.75, 3.05) is 17.7 Å². The molecule has 0 aliphatic carbocycles. The maximum absolute atomic E-state index is 12.6. The molecule has 2 N–H and O–H groups in total. The molecule has 0 saturated carbocycles. The highest BCUT2D eigenvalue weighted by Gasteiger charge is 2.36. The molecule has 0 heterocycles. The number of aryl methyl sites for hydroxylation is 2. The Balaban J connectivity index is 2.12. The number of ether oxygens (including phenoxy) is 1. The van der Waals surface area contributed by atoms with Gasteiger partial charge in [-0.15, -0.1) is 0 Å². The minimum absolute atomic E-state index is 0.363. The van der Waals surface area contributed by atoms with Gasteiger partial charge in [-0.2, -0.15) is 0 Å². The quantitative estimate of drug-likeness (QED) is 0.811. The van der Waals surface area contributed by atoms with E-state index >= 15 is 0 Å². The van der Waals surface area contributed by atoms with Gasteiger partial charge in [0, 0.05) is 17.4 Å². The molecule has 0 aliphatic rings. The molecule has 5 heteroatoms. The van der Waals surface area contributed by atoms with Crippen molar-refractivity contribution in [3.05, 3.63) is 53.6 Å². The number of carbonyl (C=O) groups excluding carboxylic acids is 2. The highest BCUT2D eigenvalue weighted by Crippen LogP contribution is 2.24. The minimum Gasteiger partial charge on any atom is -0.497 e. The first-order valence-corrected chi connectivity index (χ1v) is 8.07. The largest absolute Gasteiger partial charge is 0.497 e. The van der Waals surface area contributed by atoms with Crippen LogP contribution >= 0.6 is 0 Å². The summed E-state index contributed by atoms with van der Waals surface area (Å²) in [6.07, 6.45) is 0. The first-order valence-electron chi connectivity index (χ1n) is 8.07. The van der Waals surface area contributed by atoms with E-state index in [1.807, 2.05) is 32.0 Å². The Morgan fingerprint density at radius 2 is 1.44 bits per heavy atom. The predicted molar refractivity (Wildman–Crippen MR) is 100.0 cm³/mol. The Morgan fingerprint density at radius 1 is 0.880 bits per heavy atom. The third-order valence-electron chi connectivity index (χ3n) is 3.94. The van der Waals surface area contributed by atoms with E-state index in [-0.39, 0.29) is 11.8 Å². The number of methoxy groups -OCH3 is 1. The van der Waals surface area contributed by atoms with Gasteiger partial charge in [-0.3, -0.25) is 9.59 Å². The molecule has 0 atom stereocenters. The van der Waals surface area contributed by atoms with E-state index in [0.717, 1.165) is 11.1 Å². The van der Waals surface area contributed by atoms with Crippen molar-refractivity contribution in [2.45, 2.75) is 27.7 Å². The third kappa shape index (κ3) is 4.59. The molecule has 2 aromatic carbocycles. The van der Waals surface area contributed by atoms with Crippen molar-refractivity contribution >= 4 is 23.2 Å². The van der Waals surface area contributed by atoms with Crippen LogP contribution in [-0.4, -0.2) is 18.9 Å². The van der Waals surface area contributed by atoms with Gasteiger partial charge in [0.1, 0.15) is 11.2 Å². The van der Waals surface area contributed by atoms with Crippen molar-refractivity contribution in [1.29, 1.82) is 0 Å². The average Bonchev–Trinajstić information content (AvgIpc) is 2.53. The molecule has 0 bridgehead atoms. The molecule has 5 nitrogen and oxygen atoms in total. The lowest BCUT2D eigenvalue weighted by Crippen LogP contribution is -2.41.